The highest BCUT2D eigenvalue weighted by molar-refractivity contribution is 7.98. The Morgan fingerprint density at radius 1 is 0.870 bits per heavy atom. The average molecular weight is 337 g/mol. The fourth-order valence-corrected chi connectivity index (χ4v) is 3.64. The molecule has 2 heterocycles. The summed E-state index contributed by atoms with van der Waals surface area (Å²) in [4.78, 5) is 10.3. The quantitative estimate of drug-likeness (QED) is 0.340. The molecule has 112 valence electrons. The zero-order valence-electron chi connectivity index (χ0n) is 12.5. The van der Waals surface area contributed by atoms with Crippen molar-refractivity contribution >= 4 is 45.2 Å². The summed E-state index contributed by atoms with van der Waals surface area (Å²) in [5.74, 6) is 0. The van der Waals surface area contributed by atoms with Gasteiger partial charge in [0.2, 0.25) is 0 Å². The van der Waals surface area contributed by atoms with Crippen molar-refractivity contribution in [3.8, 4) is 11.1 Å². The Morgan fingerprint density at radius 3 is 2.61 bits per heavy atom. The number of thioether (sulfide) groups is 1. The SMILES string of the molecule is CSc1ccc(Cl)cc1-c1ccnc2c1ccc1cccnc12. The molecule has 0 bridgehead atoms. The lowest BCUT2D eigenvalue weighted by molar-refractivity contribution is 1.37. The maximum atomic E-state index is 6.23. The molecule has 0 N–H and O–H groups in total. The number of benzene rings is 2. The molecule has 0 unspecified atom stereocenters. The summed E-state index contributed by atoms with van der Waals surface area (Å²) in [7, 11) is 0. The zero-order chi connectivity index (χ0) is 15.8. The second-order valence-corrected chi connectivity index (χ2v) is 6.52. The first-order chi connectivity index (χ1) is 11.3. The monoisotopic (exact) mass is 336 g/mol. The van der Waals surface area contributed by atoms with Crippen molar-refractivity contribution in [1.82, 2.24) is 9.97 Å². The van der Waals surface area contributed by atoms with Crippen LogP contribution >= 0.6 is 23.4 Å². The van der Waals surface area contributed by atoms with Gasteiger partial charge in [-0.3, -0.25) is 9.97 Å². The van der Waals surface area contributed by atoms with Crippen LogP contribution in [0.25, 0.3) is 32.9 Å². The van der Waals surface area contributed by atoms with Gasteiger partial charge < -0.3 is 0 Å². The summed E-state index contributed by atoms with van der Waals surface area (Å²) in [6, 6.07) is 16.3. The maximum absolute atomic E-state index is 6.23. The number of halogens is 1. The van der Waals surface area contributed by atoms with E-state index in [1.807, 2.05) is 36.7 Å². The Balaban J connectivity index is 2.09. The Bertz CT molecular complexity index is 1030. The van der Waals surface area contributed by atoms with Crippen LogP contribution in [-0.4, -0.2) is 16.2 Å². The topological polar surface area (TPSA) is 25.8 Å². The van der Waals surface area contributed by atoms with E-state index in [1.165, 1.54) is 4.90 Å². The lowest BCUT2D eigenvalue weighted by atomic mass is 10.00. The molecule has 2 aromatic carbocycles. The van der Waals surface area contributed by atoms with E-state index in [2.05, 4.69) is 40.5 Å². The molecule has 0 fully saturated rings. The van der Waals surface area contributed by atoms with Crippen molar-refractivity contribution in [2.45, 2.75) is 4.90 Å². The minimum Gasteiger partial charge on any atom is -0.254 e. The highest BCUT2D eigenvalue weighted by Crippen LogP contribution is 2.37. The average Bonchev–Trinajstić information content (AvgIpc) is 2.61. The van der Waals surface area contributed by atoms with E-state index in [0.717, 1.165) is 38.0 Å². The molecular weight excluding hydrogens is 324 g/mol. The molecule has 2 nitrogen and oxygen atoms in total. The van der Waals surface area contributed by atoms with Gasteiger partial charge in [-0.1, -0.05) is 29.8 Å². The highest BCUT2D eigenvalue weighted by atomic mass is 35.5. The predicted octanol–water partition coefficient (Wildman–Crippen LogP) is 5.83. The van der Waals surface area contributed by atoms with Crippen LogP contribution in [0.3, 0.4) is 0 Å². The lowest BCUT2D eigenvalue weighted by Crippen LogP contribution is -1.89. The van der Waals surface area contributed by atoms with Crippen LogP contribution in [0.1, 0.15) is 0 Å². The van der Waals surface area contributed by atoms with Crippen molar-refractivity contribution in [3.05, 3.63) is 65.9 Å². The number of hydrogen-bond donors (Lipinski definition) is 0. The second kappa shape index (κ2) is 5.84. The van der Waals surface area contributed by atoms with Gasteiger partial charge in [0.15, 0.2) is 0 Å². The van der Waals surface area contributed by atoms with Crippen LogP contribution in [0.2, 0.25) is 5.02 Å². The first-order valence-corrected chi connectivity index (χ1v) is 8.84. The van der Waals surface area contributed by atoms with Gasteiger partial charge in [0, 0.05) is 33.1 Å². The molecule has 0 aliphatic rings. The number of pyridine rings is 2. The van der Waals surface area contributed by atoms with E-state index in [9.17, 15) is 0 Å². The molecule has 0 aliphatic heterocycles. The fourth-order valence-electron chi connectivity index (χ4n) is 2.88. The summed E-state index contributed by atoms with van der Waals surface area (Å²) in [6.45, 7) is 0. The van der Waals surface area contributed by atoms with E-state index >= 15 is 0 Å². The van der Waals surface area contributed by atoms with Crippen molar-refractivity contribution in [1.29, 1.82) is 0 Å². The van der Waals surface area contributed by atoms with Crippen LogP contribution in [0.15, 0.2) is 65.8 Å². The smallest absolute Gasteiger partial charge is 0.0970 e. The predicted molar refractivity (Wildman–Crippen MR) is 99.3 cm³/mol. The number of nitrogens with zero attached hydrogens (tertiary/aromatic N) is 2. The minimum atomic E-state index is 0.738. The standard InChI is InChI=1S/C19H13ClN2S/c1-23-17-7-5-13(20)11-16(17)14-8-10-22-19-15(14)6-4-12-3-2-9-21-18(12)19/h2-11H,1H3. The van der Waals surface area contributed by atoms with Crippen molar-refractivity contribution < 1.29 is 0 Å². The molecule has 2 aromatic heterocycles. The fraction of sp³-hybridized carbons (Fsp3) is 0.0526. The van der Waals surface area contributed by atoms with Gasteiger partial charge in [0.1, 0.15) is 0 Å². The highest BCUT2D eigenvalue weighted by Gasteiger charge is 2.12. The van der Waals surface area contributed by atoms with Gasteiger partial charge >= 0.3 is 0 Å². The summed E-state index contributed by atoms with van der Waals surface area (Å²) < 4.78 is 0. The van der Waals surface area contributed by atoms with Gasteiger partial charge in [0.25, 0.3) is 0 Å². The molecule has 0 saturated heterocycles. The van der Waals surface area contributed by atoms with Gasteiger partial charge in [0.05, 0.1) is 11.0 Å². The first-order valence-electron chi connectivity index (χ1n) is 7.24. The summed E-state index contributed by atoms with van der Waals surface area (Å²) in [6.07, 6.45) is 5.73. The Hall–Kier alpha value is -2.10. The molecular formula is C19H13ClN2S. The molecule has 0 aliphatic carbocycles. The van der Waals surface area contributed by atoms with E-state index in [0.29, 0.717) is 0 Å². The third-order valence-electron chi connectivity index (χ3n) is 3.93. The molecule has 0 saturated carbocycles. The van der Waals surface area contributed by atoms with Gasteiger partial charge in [-0.25, -0.2) is 0 Å². The zero-order valence-corrected chi connectivity index (χ0v) is 14.0. The Morgan fingerprint density at radius 2 is 1.74 bits per heavy atom. The van der Waals surface area contributed by atoms with Gasteiger partial charge in [-0.15, -0.1) is 11.8 Å². The molecule has 0 amide bonds. The van der Waals surface area contributed by atoms with Crippen molar-refractivity contribution in [3.63, 3.8) is 0 Å². The number of fused-ring (bicyclic) bond motifs is 3. The van der Waals surface area contributed by atoms with Crippen LogP contribution < -0.4 is 0 Å². The van der Waals surface area contributed by atoms with Crippen LogP contribution in [0.4, 0.5) is 0 Å². The molecule has 0 radical (unpaired) electrons. The minimum absolute atomic E-state index is 0.738. The normalized spacial score (nSPS) is 11.2. The largest absolute Gasteiger partial charge is 0.254 e. The maximum Gasteiger partial charge on any atom is 0.0970 e. The van der Waals surface area contributed by atoms with E-state index in [-0.39, 0.29) is 0 Å². The first kappa shape index (κ1) is 14.5. The van der Waals surface area contributed by atoms with Gasteiger partial charge in [-0.05, 0) is 47.7 Å². The number of hydrogen-bond acceptors (Lipinski definition) is 3. The van der Waals surface area contributed by atoms with E-state index in [1.54, 1.807) is 11.8 Å². The van der Waals surface area contributed by atoms with E-state index in [4.69, 9.17) is 11.6 Å². The van der Waals surface area contributed by atoms with E-state index < -0.39 is 0 Å². The summed E-state index contributed by atoms with van der Waals surface area (Å²) in [5, 5.41) is 2.93. The molecule has 4 aromatic rings. The van der Waals surface area contributed by atoms with Crippen LogP contribution in [-0.2, 0) is 0 Å². The van der Waals surface area contributed by atoms with Crippen LogP contribution in [0, 0.1) is 0 Å². The molecule has 4 heteroatoms. The molecule has 0 atom stereocenters. The van der Waals surface area contributed by atoms with Gasteiger partial charge in [-0.2, -0.15) is 0 Å². The Kier molecular flexibility index (Phi) is 3.68. The van der Waals surface area contributed by atoms with Crippen molar-refractivity contribution in [2.24, 2.45) is 0 Å². The second-order valence-electron chi connectivity index (χ2n) is 5.24. The van der Waals surface area contributed by atoms with Crippen molar-refractivity contribution in [2.75, 3.05) is 6.26 Å². The third kappa shape index (κ3) is 2.46. The number of aromatic nitrogens is 2. The molecule has 4 rings (SSSR count). The Labute approximate surface area is 143 Å². The summed E-state index contributed by atoms with van der Waals surface area (Å²) in [5.41, 5.74) is 4.12. The third-order valence-corrected chi connectivity index (χ3v) is 4.97. The summed E-state index contributed by atoms with van der Waals surface area (Å²) >= 11 is 7.95. The number of rotatable bonds is 2. The molecule has 0 spiro atoms. The lowest BCUT2D eigenvalue weighted by Gasteiger charge is -2.12. The van der Waals surface area contributed by atoms with Crippen LogP contribution in [0.5, 0.6) is 0 Å². The molecule has 23 heavy (non-hydrogen) atoms.